The van der Waals surface area contributed by atoms with Crippen molar-refractivity contribution in [3.05, 3.63) is 40.0 Å². The summed E-state index contributed by atoms with van der Waals surface area (Å²) >= 11 is 1.56. The highest BCUT2D eigenvalue weighted by atomic mass is 32.1. The maximum absolute atomic E-state index is 12.0. The summed E-state index contributed by atoms with van der Waals surface area (Å²) < 4.78 is 6.43. The Morgan fingerprint density at radius 2 is 2.21 bits per heavy atom. The fourth-order valence-corrected chi connectivity index (χ4v) is 3.82. The van der Waals surface area contributed by atoms with Crippen LogP contribution in [0.1, 0.15) is 11.3 Å². The first kappa shape index (κ1) is 10.8. The number of rotatable bonds is 0. The van der Waals surface area contributed by atoms with E-state index in [0.717, 1.165) is 31.7 Å². The van der Waals surface area contributed by atoms with Gasteiger partial charge in [0.25, 0.3) is 5.56 Å². The van der Waals surface area contributed by atoms with E-state index in [9.17, 15) is 4.79 Å². The first-order valence-corrected chi connectivity index (χ1v) is 6.77. The molecule has 0 saturated carbocycles. The Hall–Kier alpha value is -2.14. The summed E-state index contributed by atoms with van der Waals surface area (Å²) in [6.45, 7) is 4.01. The van der Waals surface area contributed by atoms with Gasteiger partial charge in [-0.3, -0.25) is 4.79 Å². The summed E-state index contributed by atoms with van der Waals surface area (Å²) in [4.78, 5) is 20.5. The highest BCUT2D eigenvalue weighted by Crippen LogP contribution is 2.36. The van der Waals surface area contributed by atoms with Gasteiger partial charge in [0.05, 0.1) is 21.9 Å². The number of thiophene rings is 1. The van der Waals surface area contributed by atoms with Gasteiger partial charge in [-0.25, -0.2) is 4.98 Å². The van der Waals surface area contributed by atoms with E-state index < -0.39 is 0 Å². The zero-order valence-electron chi connectivity index (χ0n) is 10.4. The largest absolute Gasteiger partial charge is 0.463 e. The molecule has 0 unspecified atom stereocenters. The first-order chi connectivity index (χ1) is 9.15. The molecule has 4 rings (SSSR count). The second-order valence-electron chi connectivity index (χ2n) is 4.68. The molecular formula is C14H10N2O2S. The minimum atomic E-state index is -0.115. The third-order valence-electron chi connectivity index (χ3n) is 3.34. The molecule has 0 bridgehead atoms. The molecule has 0 aliphatic carbocycles. The molecule has 1 N–H and O–H groups in total. The Bertz CT molecular complexity index is 1010. The molecule has 0 aliphatic rings. The van der Waals surface area contributed by atoms with Crippen molar-refractivity contribution in [1.82, 2.24) is 9.97 Å². The molecule has 0 atom stereocenters. The van der Waals surface area contributed by atoms with Crippen LogP contribution in [0.5, 0.6) is 0 Å². The minimum Gasteiger partial charge on any atom is -0.463 e. The average Bonchev–Trinajstić information content (AvgIpc) is 2.92. The SMILES string of the molecule is Cc1cc(C)c2c(n1)sc1c2[nH]c(=O)c2ccoc21. The van der Waals surface area contributed by atoms with E-state index in [1.165, 1.54) is 0 Å². The molecular weight excluding hydrogens is 260 g/mol. The Labute approximate surface area is 111 Å². The number of aromatic nitrogens is 2. The van der Waals surface area contributed by atoms with Crippen molar-refractivity contribution in [2.24, 2.45) is 0 Å². The normalized spacial score (nSPS) is 11.9. The Kier molecular flexibility index (Phi) is 1.95. The number of aryl methyl sites for hydroxylation is 2. The Morgan fingerprint density at radius 3 is 3.05 bits per heavy atom. The number of H-pyrrole nitrogens is 1. The number of pyridine rings is 2. The summed E-state index contributed by atoms with van der Waals surface area (Å²) in [5.41, 5.74) is 3.47. The second kappa shape index (κ2) is 3.45. The molecule has 4 aromatic rings. The summed E-state index contributed by atoms with van der Waals surface area (Å²) in [6, 6.07) is 3.72. The van der Waals surface area contributed by atoms with Crippen LogP contribution in [-0.4, -0.2) is 9.97 Å². The predicted octanol–water partition coefficient (Wildman–Crippen LogP) is 3.50. The number of hydrogen-bond donors (Lipinski definition) is 1. The molecule has 4 nitrogen and oxygen atoms in total. The van der Waals surface area contributed by atoms with E-state index in [0.29, 0.717) is 11.0 Å². The van der Waals surface area contributed by atoms with Gasteiger partial charge in [-0.2, -0.15) is 0 Å². The standard InChI is InChI=1S/C14H10N2O2S/c1-6-5-7(2)15-14-9(6)10-12(19-14)11-8(3-4-18-11)13(17)16-10/h3-5H,1-2H3,(H,16,17). The number of furan rings is 1. The quantitative estimate of drug-likeness (QED) is 0.532. The van der Waals surface area contributed by atoms with Crippen molar-refractivity contribution >= 4 is 42.7 Å². The van der Waals surface area contributed by atoms with E-state index in [2.05, 4.69) is 9.97 Å². The van der Waals surface area contributed by atoms with Crippen LogP contribution >= 0.6 is 11.3 Å². The lowest BCUT2D eigenvalue weighted by molar-refractivity contribution is 0.619. The first-order valence-electron chi connectivity index (χ1n) is 5.95. The van der Waals surface area contributed by atoms with Crippen LogP contribution in [0.4, 0.5) is 0 Å². The van der Waals surface area contributed by atoms with Gasteiger partial charge >= 0.3 is 0 Å². The number of nitrogens with one attached hydrogen (secondary N) is 1. The van der Waals surface area contributed by atoms with E-state index in [-0.39, 0.29) is 5.56 Å². The van der Waals surface area contributed by atoms with Gasteiger partial charge in [0, 0.05) is 11.1 Å². The number of fused-ring (bicyclic) bond motifs is 5. The van der Waals surface area contributed by atoms with Gasteiger partial charge in [-0.1, -0.05) is 0 Å². The molecule has 19 heavy (non-hydrogen) atoms. The van der Waals surface area contributed by atoms with Crippen LogP contribution in [0.2, 0.25) is 0 Å². The Balaban J connectivity index is 2.39. The molecule has 0 amide bonds. The van der Waals surface area contributed by atoms with E-state index in [1.54, 1.807) is 23.7 Å². The fourth-order valence-electron chi connectivity index (χ4n) is 2.57. The third kappa shape index (κ3) is 1.33. The van der Waals surface area contributed by atoms with Crippen LogP contribution in [0.15, 0.2) is 27.6 Å². The lowest BCUT2D eigenvalue weighted by atomic mass is 10.1. The van der Waals surface area contributed by atoms with Gasteiger partial charge in [0.2, 0.25) is 0 Å². The topological polar surface area (TPSA) is 58.9 Å². The predicted molar refractivity (Wildman–Crippen MR) is 77.0 cm³/mol. The summed E-state index contributed by atoms with van der Waals surface area (Å²) in [5, 5.41) is 1.61. The maximum Gasteiger partial charge on any atom is 0.259 e. The Morgan fingerprint density at radius 1 is 1.37 bits per heavy atom. The number of aromatic amines is 1. The molecule has 4 heterocycles. The highest BCUT2D eigenvalue weighted by molar-refractivity contribution is 7.26. The molecule has 94 valence electrons. The molecule has 0 radical (unpaired) electrons. The van der Waals surface area contributed by atoms with Crippen LogP contribution in [0.25, 0.3) is 31.4 Å². The van der Waals surface area contributed by atoms with Crippen molar-refractivity contribution in [3.8, 4) is 0 Å². The lowest BCUT2D eigenvalue weighted by Gasteiger charge is -1.98. The van der Waals surface area contributed by atoms with E-state index in [4.69, 9.17) is 4.42 Å². The van der Waals surface area contributed by atoms with Gasteiger partial charge in [-0.15, -0.1) is 11.3 Å². The fraction of sp³-hybridized carbons (Fsp3) is 0.143. The maximum atomic E-state index is 12.0. The molecule has 0 saturated heterocycles. The van der Waals surface area contributed by atoms with E-state index in [1.807, 2.05) is 19.9 Å². The van der Waals surface area contributed by atoms with Crippen molar-refractivity contribution in [2.75, 3.05) is 0 Å². The summed E-state index contributed by atoms with van der Waals surface area (Å²) in [5.74, 6) is 0. The minimum absolute atomic E-state index is 0.115. The van der Waals surface area contributed by atoms with Crippen molar-refractivity contribution in [2.45, 2.75) is 13.8 Å². The summed E-state index contributed by atoms with van der Waals surface area (Å²) in [6.07, 6.45) is 1.55. The zero-order valence-corrected chi connectivity index (χ0v) is 11.2. The van der Waals surface area contributed by atoms with Gasteiger partial charge in [-0.05, 0) is 31.5 Å². The van der Waals surface area contributed by atoms with Crippen molar-refractivity contribution in [3.63, 3.8) is 0 Å². The smallest absolute Gasteiger partial charge is 0.259 e. The van der Waals surface area contributed by atoms with Gasteiger partial charge in [0.1, 0.15) is 4.83 Å². The van der Waals surface area contributed by atoms with E-state index >= 15 is 0 Å². The molecule has 0 aromatic carbocycles. The lowest BCUT2D eigenvalue weighted by Crippen LogP contribution is -2.03. The molecule has 0 fully saturated rings. The third-order valence-corrected chi connectivity index (χ3v) is 4.42. The van der Waals surface area contributed by atoms with Crippen molar-refractivity contribution < 1.29 is 4.42 Å². The second-order valence-corrected chi connectivity index (χ2v) is 5.68. The monoisotopic (exact) mass is 270 g/mol. The number of nitrogens with zero attached hydrogens (tertiary/aromatic N) is 1. The average molecular weight is 270 g/mol. The van der Waals surface area contributed by atoms with Gasteiger partial charge < -0.3 is 9.40 Å². The van der Waals surface area contributed by atoms with Crippen LogP contribution in [-0.2, 0) is 0 Å². The molecule has 0 aliphatic heterocycles. The molecule has 5 heteroatoms. The van der Waals surface area contributed by atoms with Gasteiger partial charge in [0.15, 0.2) is 5.58 Å². The molecule has 0 spiro atoms. The highest BCUT2D eigenvalue weighted by Gasteiger charge is 2.15. The van der Waals surface area contributed by atoms with Crippen LogP contribution in [0, 0.1) is 13.8 Å². The van der Waals surface area contributed by atoms with Crippen LogP contribution in [0.3, 0.4) is 0 Å². The van der Waals surface area contributed by atoms with Crippen LogP contribution < -0.4 is 5.56 Å². The van der Waals surface area contributed by atoms with Crippen molar-refractivity contribution in [1.29, 1.82) is 0 Å². The molecule has 4 aromatic heterocycles. The number of hydrogen-bond acceptors (Lipinski definition) is 4. The zero-order chi connectivity index (χ0) is 13.1. The summed E-state index contributed by atoms with van der Waals surface area (Å²) in [7, 11) is 0.